The van der Waals surface area contributed by atoms with Crippen LogP contribution in [0.1, 0.15) is 45.7 Å². The fraction of sp³-hybridized carbons (Fsp3) is 0.333. The van der Waals surface area contributed by atoms with Gasteiger partial charge >= 0.3 is 0 Å². The highest BCUT2D eigenvalue weighted by Gasteiger charge is 2.32. The number of allylic oxidation sites excluding steroid dienone is 1. The number of pyridine rings is 1. The van der Waals surface area contributed by atoms with Gasteiger partial charge in [-0.1, -0.05) is 12.1 Å². The molecule has 0 spiro atoms. The predicted octanol–water partition coefficient (Wildman–Crippen LogP) is 4.85. The molecule has 0 saturated carbocycles. The molecule has 0 amide bonds. The van der Waals surface area contributed by atoms with Crippen LogP contribution >= 0.6 is 0 Å². The summed E-state index contributed by atoms with van der Waals surface area (Å²) in [5, 5.41) is 14.9. The molecular formula is C21H25N5O2. The first-order chi connectivity index (χ1) is 13.2. The zero-order valence-electron chi connectivity index (χ0n) is 16.8. The molecule has 0 saturated heterocycles. The van der Waals surface area contributed by atoms with Gasteiger partial charge in [0, 0.05) is 23.4 Å². The van der Waals surface area contributed by atoms with Crippen molar-refractivity contribution in [3.63, 3.8) is 0 Å². The number of nitrogens with zero attached hydrogens (tertiary/aromatic N) is 4. The topological polar surface area (TPSA) is 83.7 Å². The van der Waals surface area contributed by atoms with Crippen molar-refractivity contribution in [3.05, 3.63) is 63.8 Å². The zero-order chi connectivity index (χ0) is 20.5. The number of anilines is 2. The van der Waals surface area contributed by atoms with Crippen LogP contribution in [-0.2, 0) is 0 Å². The third kappa shape index (κ3) is 3.88. The van der Waals surface area contributed by atoms with E-state index >= 15 is 0 Å². The average Bonchev–Trinajstić information content (AvgIpc) is 2.61. The fourth-order valence-electron chi connectivity index (χ4n) is 3.82. The van der Waals surface area contributed by atoms with Gasteiger partial charge in [-0.2, -0.15) is 5.10 Å². The van der Waals surface area contributed by atoms with Gasteiger partial charge in [-0.3, -0.25) is 15.5 Å². The van der Waals surface area contributed by atoms with Crippen molar-refractivity contribution in [1.29, 1.82) is 0 Å². The first-order valence-electron chi connectivity index (χ1n) is 9.22. The van der Waals surface area contributed by atoms with Gasteiger partial charge in [0.1, 0.15) is 12.0 Å². The van der Waals surface area contributed by atoms with Crippen LogP contribution in [0.3, 0.4) is 0 Å². The maximum atomic E-state index is 10.7. The molecule has 1 aliphatic heterocycles. The fourth-order valence-corrected chi connectivity index (χ4v) is 3.82. The summed E-state index contributed by atoms with van der Waals surface area (Å²) >= 11 is 0. The number of hydrazone groups is 1. The van der Waals surface area contributed by atoms with E-state index in [0.717, 1.165) is 5.56 Å². The largest absolute Gasteiger partial charge is 0.360 e. The molecule has 1 N–H and O–H groups in total. The van der Waals surface area contributed by atoms with Gasteiger partial charge < -0.3 is 4.90 Å². The van der Waals surface area contributed by atoms with Crippen LogP contribution in [-0.4, -0.2) is 27.7 Å². The van der Waals surface area contributed by atoms with Crippen LogP contribution in [0.15, 0.2) is 47.7 Å². The highest BCUT2D eigenvalue weighted by molar-refractivity contribution is 5.88. The number of aromatic nitrogens is 1. The van der Waals surface area contributed by atoms with Crippen molar-refractivity contribution < 1.29 is 4.92 Å². The van der Waals surface area contributed by atoms with E-state index in [0.29, 0.717) is 11.9 Å². The van der Waals surface area contributed by atoms with Crippen LogP contribution in [0.4, 0.5) is 17.2 Å². The van der Waals surface area contributed by atoms with Crippen LogP contribution in [0.2, 0.25) is 0 Å². The molecule has 0 fully saturated rings. The lowest BCUT2D eigenvalue weighted by molar-refractivity contribution is -0.385. The minimum atomic E-state index is -0.481. The van der Waals surface area contributed by atoms with Crippen molar-refractivity contribution in [2.45, 2.75) is 46.2 Å². The number of nitro groups is 1. The first-order valence-corrected chi connectivity index (χ1v) is 9.22. The Labute approximate surface area is 164 Å². The van der Waals surface area contributed by atoms with E-state index < -0.39 is 4.92 Å². The van der Waals surface area contributed by atoms with Crippen molar-refractivity contribution in [2.24, 2.45) is 5.10 Å². The molecular weight excluding hydrogens is 354 g/mol. The SMILES string of the molecule is CC1=CC(C)(C)N(C(C)C)c2ccc(/C=N/Nc3ccc([N+](=O)[O-])cn3)cc21. The van der Waals surface area contributed by atoms with E-state index in [1.807, 2.05) is 6.07 Å². The van der Waals surface area contributed by atoms with Gasteiger partial charge in [-0.15, -0.1) is 0 Å². The monoisotopic (exact) mass is 379 g/mol. The summed E-state index contributed by atoms with van der Waals surface area (Å²) in [5.41, 5.74) is 7.35. The third-order valence-corrected chi connectivity index (χ3v) is 4.76. The molecule has 3 rings (SSSR count). The number of fused-ring (bicyclic) bond motifs is 1. The highest BCUT2D eigenvalue weighted by Crippen LogP contribution is 2.40. The maximum absolute atomic E-state index is 10.7. The summed E-state index contributed by atoms with van der Waals surface area (Å²) in [6.45, 7) is 11.0. The number of hydrogen-bond donors (Lipinski definition) is 1. The summed E-state index contributed by atoms with van der Waals surface area (Å²) in [4.78, 5) is 16.6. The van der Waals surface area contributed by atoms with Gasteiger partial charge in [0.05, 0.1) is 16.7 Å². The molecule has 0 radical (unpaired) electrons. The maximum Gasteiger partial charge on any atom is 0.287 e. The molecule has 0 atom stereocenters. The number of benzene rings is 1. The molecule has 7 nitrogen and oxygen atoms in total. The van der Waals surface area contributed by atoms with Crippen molar-refractivity contribution >= 4 is 29.0 Å². The van der Waals surface area contributed by atoms with Crippen molar-refractivity contribution in [2.75, 3.05) is 10.3 Å². The Morgan fingerprint density at radius 2 is 2.04 bits per heavy atom. The van der Waals surface area contributed by atoms with Crippen LogP contribution in [0.25, 0.3) is 5.57 Å². The van der Waals surface area contributed by atoms with Crippen molar-refractivity contribution in [1.82, 2.24) is 4.98 Å². The molecule has 7 heteroatoms. The van der Waals surface area contributed by atoms with Gasteiger partial charge in [0.2, 0.25) is 0 Å². The Balaban J connectivity index is 1.81. The lowest BCUT2D eigenvalue weighted by Crippen LogP contribution is -2.49. The van der Waals surface area contributed by atoms with E-state index in [1.54, 1.807) is 6.21 Å². The molecule has 0 bridgehead atoms. The quantitative estimate of drug-likeness (QED) is 0.456. The number of rotatable bonds is 5. The highest BCUT2D eigenvalue weighted by atomic mass is 16.6. The van der Waals surface area contributed by atoms with E-state index in [9.17, 15) is 10.1 Å². The molecule has 0 aliphatic carbocycles. The van der Waals surface area contributed by atoms with Crippen LogP contribution < -0.4 is 10.3 Å². The number of hydrogen-bond acceptors (Lipinski definition) is 6. The molecule has 1 aromatic heterocycles. The Morgan fingerprint density at radius 3 is 2.64 bits per heavy atom. The standard InChI is InChI=1S/C21H25N5O2/c1-14(2)25-19-8-6-16(10-18(19)15(3)11-21(25,4)5)12-23-24-20-9-7-17(13-22-20)26(27)28/h6-14H,1-5H3,(H,22,24)/b23-12+. The minimum absolute atomic E-state index is 0.0377. The predicted molar refractivity (Wildman–Crippen MR) is 114 cm³/mol. The summed E-state index contributed by atoms with van der Waals surface area (Å²) < 4.78 is 0. The Kier molecular flexibility index (Phi) is 5.18. The smallest absolute Gasteiger partial charge is 0.287 e. The lowest BCUT2D eigenvalue weighted by Gasteiger charge is -2.46. The minimum Gasteiger partial charge on any atom is -0.360 e. The summed E-state index contributed by atoms with van der Waals surface area (Å²) in [6.07, 6.45) is 5.22. The molecule has 1 aromatic carbocycles. The Hall–Kier alpha value is -3.22. The Bertz CT molecular complexity index is 946. The second kappa shape index (κ2) is 7.42. The van der Waals surface area contributed by atoms with Gasteiger partial charge in [-0.25, -0.2) is 4.98 Å². The van der Waals surface area contributed by atoms with Crippen molar-refractivity contribution in [3.8, 4) is 0 Å². The van der Waals surface area contributed by atoms with Crippen LogP contribution in [0, 0.1) is 10.1 Å². The normalized spacial score (nSPS) is 15.5. The van der Waals surface area contributed by atoms with Crippen LogP contribution in [0.5, 0.6) is 0 Å². The zero-order valence-corrected chi connectivity index (χ0v) is 16.8. The molecule has 146 valence electrons. The van der Waals surface area contributed by atoms with Gasteiger partial charge in [0.25, 0.3) is 5.69 Å². The second-order valence-corrected chi connectivity index (χ2v) is 7.75. The van der Waals surface area contributed by atoms with Gasteiger partial charge in [-0.05, 0) is 64.0 Å². The van der Waals surface area contributed by atoms with E-state index in [4.69, 9.17) is 0 Å². The Morgan fingerprint density at radius 1 is 1.29 bits per heavy atom. The summed E-state index contributed by atoms with van der Waals surface area (Å²) in [7, 11) is 0. The molecule has 2 aromatic rings. The van der Waals surface area contributed by atoms with E-state index in [1.165, 1.54) is 35.2 Å². The second-order valence-electron chi connectivity index (χ2n) is 7.75. The summed E-state index contributed by atoms with van der Waals surface area (Å²) in [6, 6.07) is 9.60. The lowest BCUT2D eigenvalue weighted by atomic mass is 9.87. The number of nitrogens with one attached hydrogen (secondary N) is 1. The molecule has 2 heterocycles. The van der Waals surface area contributed by atoms with E-state index in [2.05, 4.69) is 73.2 Å². The molecule has 0 unspecified atom stereocenters. The van der Waals surface area contributed by atoms with Gasteiger partial charge in [0.15, 0.2) is 0 Å². The van der Waals surface area contributed by atoms with E-state index in [-0.39, 0.29) is 11.2 Å². The first kappa shape index (κ1) is 19.5. The molecule has 1 aliphatic rings. The molecule has 28 heavy (non-hydrogen) atoms. The average molecular weight is 379 g/mol. The third-order valence-electron chi connectivity index (χ3n) is 4.76. The summed E-state index contributed by atoms with van der Waals surface area (Å²) in [5.74, 6) is 0.448.